The first-order valence-corrected chi connectivity index (χ1v) is 10.6. The van der Waals surface area contributed by atoms with Gasteiger partial charge in [0.1, 0.15) is 18.1 Å². The van der Waals surface area contributed by atoms with E-state index in [2.05, 4.69) is 0 Å². The summed E-state index contributed by atoms with van der Waals surface area (Å²) in [6.45, 7) is 1.98. The Morgan fingerprint density at radius 3 is 2.61 bits per heavy atom. The van der Waals surface area contributed by atoms with Crippen LogP contribution in [0.4, 0.5) is 0 Å². The van der Waals surface area contributed by atoms with Crippen LogP contribution in [0.3, 0.4) is 0 Å². The van der Waals surface area contributed by atoms with Gasteiger partial charge in [0.05, 0.1) is 6.10 Å². The number of carbonyl (C=O) groups excluding carboxylic acids is 1. The highest BCUT2D eigenvalue weighted by atomic mass is 16.5. The number of hydrogen-bond acceptors (Lipinski definition) is 4. The van der Waals surface area contributed by atoms with Gasteiger partial charge in [-0.3, -0.25) is 4.79 Å². The predicted molar refractivity (Wildman–Crippen MR) is 119 cm³/mol. The molecule has 1 fully saturated rings. The van der Waals surface area contributed by atoms with Crippen molar-refractivity contribution in [3.63, 3.8) is 0 Å². The van der Waals surface area contributed by atoms with Gasteiger partial charge in [0.15, 0.2) is 0 Å². The minimum atomic E-state index is -0.107. The van der Waals surface area contributed by atoms with Crippen molar-refractivity contribution >= 4 is 5.91 Å². The normalized spacial score (nSPS) is 15.5. The summed E-state index contributed by atoms with van der Waals surface area (Å²) in [4.78, 5) is 15.2. The zero-order valence-corrected chi connectivity index (χ0v) is 17.4. The van der Waals surface area contributed by atoms with Crippen LogP contribution in [0, 0.1) is 0 Å². The number of hydrogen-bond donors (Lipinski definition) is 1. The van der Waals surface area contributed by atoms with Crippen LogP contribution in [0.2, 0.25) is 0 Å². The van der Waals surface area contributed by atoms with Crippen LogP contribution in [0.5, 0.6) is 11.5 Å². The Kier molecular flexibility index (Phi) is 6.85. The molecule has 4 rings (SSSR count). The summed E-state index contributed by atoms with van der Waals surface area (Å²) in [6.07, 6.45) is 1.96. The SMILES string of the molecule is O=C(c1cccc(OCc2ccccc2)c1)N(Cc1ccccc1O)CC1CCCO1. The third-order valence-electron chi connectivity index (χ3n) is 5.42. The molecule has 0 spiro atoms. The number of benzene rings is 3. The molecule has 5 heteroatoms. The van der Waals surface area contributed by atoms with Crippen LogP contribution in [0.25, 0.3) is 0 Å². The fraction of sp³-hybridized carbons (Fsp3) is 0.269. The molecule has 1 saturated heterocycles. The predicted octanol–water partition coefficient (Wildman–Crippen LogP) is 4.79. The number of phenols is 1. The van der Waals surface area contributed by atoms with Crippen molar-refractivity contribution in [1.29, 1.82) is 0 Å². The third kappa shape index (κ3) is 5.64. The maximum atomic E-state index is 13.4. The molecule has 0 bridgehead atoms. The van der Waals surface area contributed by atoms with E-state index in [-0.39, 0.29) is 17.8 Å². The Morgan fingerprint density at radius 2 is 1.84 bits per heavy atom. The van der Waals surface area contributed by atoms with Gasteiger partial charge in [-0.1, -0.05) is 54.6 Å². The molecule has 0 aliphatic carbocycles. The Labute approximate surface area is 182 Å². The summed E-state index contributed by atoms with van der Waals surface area (Å²) in [5.41, 5.74) is 2.34. The standard InChI is InChI=1S/C26H27NO4/c28-25-14-5-4-10-22(25)17-27(18-24-13-7-15-30-24)26(29)21-11-6-12-23(16-21)31-19-20-8-2-1-3-9-20/h1-6,8-12,14,16,24,28H,7,13,15,17-19H2. The van der Waals surface area contributed by atoms with Crippen molar-refractivity contribution in [3.05, 3.63) is 95.6 Å². The molecule has 0 radical (unpaired) electrons. The first-order chi connectivity index (χ1) is 15.2. The summed E-state index contributed by atoms with van der Waals surface area (Å²) in [7, 11) is 0. The lowest BCUT2D eigenvalue weighted by atomic mass is 10.1. The smallest absolute Gasteiger partial charge is 0.254 e. The molecule has 160 valence electrons. The van der Waals surface area contributed by atoms with E-state index in [1.165, 1.54) is 0 Å². The van der Waals surface area contributed by atoms with Gasteiger partial charge in [0.2, 0.25) is 0 Å². The lowest BCUT2D eigenvalue weighted by molar-refractivity contribution is 0.0505. The first-order valence-electron chi connectivity index (χ1n) is 10.6. The lowest BCUT2D eigenvalue weighted by Gasteiger charge is -2.26. The minimum Gasteiger partial charge on any atom is -0.508 e. The van der Waals surface area contributed by atoms with Crippen LogP contribution < -0.4 is 4.74 Å². The highest BCUT2D eigenvalue weighted by molar-refractivity contribution is 5.94. The van der Waals surface area contributed by atoms with Crippen molar-refractivity contribution in [1.82, 2.24) is 4.90 Å². The fourth-order valence-electron chi connectivity index (χ4n) is 3.75. The molecule has 3 aromatic carbocycles. The number of amides is 1. The molecule has 3 aromatic rings. The molecule has 1 unspecified atom stereocenters. The second-order valence-corrected chi connectivity index (χ2v) is 7.75. The number of ether oxygens (including phenoxy) is 2. The van der Waals surface area contributed by atoms with Gasteiger partial charge >= 0.3 is 0 Å². The fourth-order valence-corrected chi connectivity index (χ4v) is 3.75. The molecule has 1 heterocycles. The number of carbonyl (C=O) groups is 1. The van der Waals surface area contributed by atoms with Gasteiger partial charge < -0.3 is 19.5 Å². The Hall–Kier alpha value is -3.31. The molecule has 31 heavy (non-hydrogen) atoms. The summed E-state index contributed by atoms with van der Waals surface area (Å²) in [6, 6.07) is 24.3. The van der Waals surface area contributed by atoms with Gasteiger partial charge in [0.25, 0.3) is 5.91 Å². The molecule has 1 aliphatic rings. The number of para-hydroxylation sites is 1. The maximum Gasteiger partial charge on any atom is 0.254 e. The van der Waals surface area contributed by atoms with Crippen LogP contribution in [-0.4, -0.2) is 35.2 Å². The quantitative estimate of drug-likeness (QED) is 0.572. The van der Waals surface area contributed by atoms with Crippen molar-refractivity contribution < 1.29 is 19.4 Å². The Balaban J connectivity index is 1.50. The summed E-state index contributed by atoms with van der Waals surface area (Å²) < 4.78 is 11.7. The molecular weight excluding hydrogens is 390 g/mol. The van der Waals surface area contributed by atoms with Crippen molar-refractivity contribution in [2.75, 3.05) is 13.2 Å². The van der Waals surface area contributed by atoms with E-state index in [1.54, 1.807) is 29.2 Å². The second kappa shape index (κ2) is 10.1. The van der Waals surface area contributed by atoms with Crippen molar-refractivity contribution in [2.45, 2.75) is 32.1 Å². The first kappa shape index (κ1) is 20.9. The van der Waals surface area contributed by atoms with E-state index in [1.807, 2.05) is 54.6 Å². The third-order valence-corrected chi connectivity index (χ3v) is 5.42. The van der Waals surface area contributed by atoms with Crippen LogP contribution in [0.15, 0.2) is 78.9 Å². The van der Waals surface area contributed by atoms with E-state index >= 15 is 0 Å². The minimum absolute atomic E-state index is 0.0207. The zero-order valence-electron chi connectivity index (χ0n) is 17.4. The zero-order chi connectivity index (χ0) is 21.5. The average molecular weight is 418 g/mol. The molecule has 5 nitrogen and oxygen atoms in total. The largest absolute Gasteiger partial charge is 0.508 e. The summed E-state index contributed by atoms with van der Waals surface area (Å²) in [5, 5.41) is 10.2. The number of nitrogens with zero attached hydrogens (tertiary/aromatic N) is 1. The van der Waals surface area contributed by atoms with E-state index in [0.717, 1.165) is 25.0 Å². The van der Waals surface area contributed by atoms with E-state index in [4.69, 9.17) is 9.47 Å². The molecule has 0 saturated carbocycles. The Morgan fingerprint density at radius 1 is 1.03 bits per heavy atom. The van der Waals surface area contributed by atoms with Crippen LogP contribution in [0.1, 0.15) is 34.3 Å². The molecule has 0 aromatic heterocycles. The maximum absolute atomic E-state index is 13.4. The summed E-state index contributed by atoms with van der Waals surface area (Å²) >= 11 is 0. The van der Waals surface area contributed by atoms with Gasteiger partial charge in [-0.05, 0) is 42.7 Å². The van der Waals surface area contributed by atoms with E-state index in [9.17, 15) is 9.90 Å². The summed E-state index contributed by atoms with van der Waals surface area (Å²) in [5.74, 6) is 0.728. The van der Waals surface area contributed by atoms with Crippen LogP contribution in [-0.2, 0) is 17.9 Å². The highest BCUT2D eigenvalue weighted by Crippen LogP contribution is 2.23. The number of aromatic hydroxyl groups is 1. The molecule has 1 aliphatic heterocycles. The average Bonchev–Trinajstić information content (AvgIpc) is 3.32. The van der Waals surface area contributed by atoms with E-state index < -0.39 is 0 Å². The van der Waals surface area contributed by atoms with Crippen molar-refractivity contribution in [2.24, 2.45) is 0 Å². The number of rotatable bonds is 8. The van der Waals surface area contributed by atoms with Gasteiger partial charge in [-0.2, -0.15) is 0 Å². The second-order valence-electron chi connectivity index (χ2n) is 7.75. The van der Waals surface area contributed by atoms with Gasteiger partial charge in [-0.15, -0.1) is 0 Å². The van der Waals surface area contributed by atoms with Crippen molar-refractivity contribution in [3.8, 4) is 11.5 Å². The monoisotopic (exact) mass is 417 g/mol. The van der Waals surface area contributed by atoms with Crippen LogP contribution >= 0.6 is 0 Å². The van der Waals surface area contributed by atoms with Gasteiger partial charge in [-0.25, -0.2) is 0 Å². The highest BCUT2D eigenvalue weighted by Gasteiger charge is 2.24. The Bertz CT molecular complexity index is 999. The molecular formula is C26H27NO4. The van der Waals surface area contributed by atoms with E-state index in [0.29, 0.717) is 36.6 Å². The molecule has 1 atom stereocenters. The lowest BCUT2D eigenvalue weighted by Crippen LogP contribution is -2.37. The topological polar surface area (TPSA) is 59.0 Å². The molecule has 1 N–H and O–H groups in total. The molecule has 1 amide bonds. The van der Waals surface area contributed by atoms with Gasteiger partial charge in [0, 0.05) is 30.8 Å². The number of phenolic OH excluding ortho intramolecular Hbond substituents is 1.